The van der Waals surface area contributed by atoms with Gasteiger partial charge in [-0.15, -0.1) is 0 Å². The molecule has 0 saturated carbocycles. The molecule has 6 heteroatoms. The molecule has 2 aromatic heterocycles. The quantitative estimate of drug-likeness (QED) is 0.282. The van der Waals surface area contributed by atoms with Gasteiger partial charge >= 0.3 is 0 Å². The van der Waals surface area contributed by atoms with E-state index in [0.717, 1.165) is 28.5 Å². The van der Waals surface area contributed by atoms with Crippen LogP contribution in [-0.4, -0.2) is 17.7 Å². The van der Waals surface area contributed by atoms with E-state index in [1.54, 1.807) is 0 Å². The van der Waals surface area contributed by atoms with Crippen LogP contribution in [0, 0.1) is 18.6 Å². The monoisotopic (exact) mass is 464 g/mol. The number of hydrogen-bond acceptors (Lipinski definition) is 2. The minimum absolute atomic E-state index is 0.163. The van der Waals surface area contributed by atoms with Gasteiger partial charge in [-0.25, -0.2) is 13.8 Å². The highest BCUT2D eigenvalue weighted by atomic mass is 28.4. The Bertz CT molecular complexity index is 1320. The third kappa shape index (κ3) is 4.63. The molecule has 0 radical (unpaired) electrons. The van der Waals surface area contributed by atoms with Crippen molar-refractivity contribution in [3.05, 3.63) is 83.7 Å². The molecule has 2 heterocycles. The SMILES string of the molecule is Cc1c(-c2ccc(F)cc2F)nc2ccc(-c3cccc(CO[Si](C)(C)C(C)(C)C)c3)cn12. The predicted molar refractivity (Wildman–Crippen MR) is 133 cm³/mol. The average molecular weight is 465 g/mol. The fourth-order valence-electron chi connectivity index (χ4n) is 3.59. The summed E-state index contributed by atoms with van der Waals surface area (Å²) in [5.41, 5.74) is 5.57. The van der Waals surface area contributed by atoms with Crippen molar-refractivity contribution in [3.63, 3.8) is 0 Å². The lowest BCUT2D eigenvalue weighted by atomic mass is 10.1. The Morgan fingerprint density at radius 3 is 2.42 bits per heavy atom. The van der Waals surface area contributed by atoms with E-state index in [4.69, 9.17) is 4.43 Å². The van der Waals surface area contributed by atoms with Crippen LogP contribution in [-0.2, 0) is 11.0 Å². The first-order valence-corrected chi connectivity index (χ1v) is 14.0. The fourth-order valence-corrected chi connectivity index (χ4v) is 4.55. The third-order valence-corrected chi connectivity index (χ3v) is 11.2. The molecule has 0 spiro atoms. The van der Waals surface area contributed by atoms with Crippen LogP contribution >= 0.6 is 0 Å². The molecule has 33 heavy (non-hydrogen) atoms. The molecule has 3 nitrogen and oxygen atoms in total. The number of benzene rings is 2. The second-order valence-corrected chi connectivity index (χ2v) is 14.9. The maximum Gasteiger partial charge on any atom is 0.192 e. The Balaban J connectivity index is 1.66. The van der Waals surface area contributed by atoms with Crippen LogP contribution in [0.4, 0.5) is 8.78 Å². The van der Waals surface area contributed by atoms with E-state index in [1.165, 1.54) is 12.1 Å². The zero-order chi connectivity index (χ0) is 24.0. The highest BCUT2D eigenvalue weighted by molar-refractivity contribution is 6.74. The second kappa shape index (κ2) is 8.50. The van der Waals surface area contributed by atoms with Crippen molar-refractivity contribution in [3.8, 4) is 22.4 Å². The summed E-state index contributed by atoms with van der Waals surface area (Å²) in [7, 11) is -1.83. The zero-order valence-electron chi connectivity index (χ0n) is 20.0. The Kier molecular flexibility index (Phi) is 6.01. The van der Waals surface area contributed by atoms with E-state index in [1.807, 2.05) is 35.7 Å². The average Bonchev–Trinajstić information content (AvgIpc) is 3.07. The topological polar surface area (TPSA) is 26.5 Å². The smallest absolute Gasteiger partial charge is 0.192 e. The molecule has 0 N–H and O–H groups in total. The summed E-state index contributed by atoms with van der Waals surface area (Å²) >= 11 is 0. The molecule has 0 aliphatic rings. The van der Waals surface area contributed by atoms with Gasteiger partial charge in [-0.05, 0) is 72.1 Å². The highest BCUT2D eigenvalue weighted by Crippen LogP contribution is 2.37. The molecule has 2 aromatic carbocycles. The molecule has 0 saturated heterocycles. The van der Waals surface area contributed by atoms with Crippen molar-refractivity contribution in [1.82, 2.24) is 9.38 Å². The summed E-state index contributed by atoms with van der Waals surface area (Å²) < 4.78 is 36.1. The van der Waals surface area contributed by atoms with E-state index < -0.39 is 20.0 Å². The van der Waals surface area contributed by atoms with Crippen molar-refractivity contribution < 1.29 is 13.2 Å². The van der Waals surface area contributed by atoms with Crippen LogP contribution in [0.2, 0.25) is 18.1 Å². The van der Waals surface area contributed by atoms with E-state index in [0.29, 0.717) is 23.5 Å². The highest BCUT2D eigenvalue weighted by Gasteiger charge is 2.37. The van der Waals surface area contributed by atoms with Gasteiger partial charge in [-0.3, -0.25) is 0 Å². The molecule has 0 unspecified atom stereocenters. The summed E-state index contributed by atoms with van der Waals surface area (Å²) in [5.74, 6) is -1.21. The van der Waals surface area contributed by atoms with Gasteiger partial charge in [0.2, 0.25) is 0 Å². The normalized spacial score (nSPS) is 12.5. The Hall–Kier alpha value is -2.83. The number of aryl methyl sites for hydroxylation is 1. The zero-order valence-corrected chi connectivity index (χ0v) is 21.0. The molecule has 4 aromatic rings. The van der Waals surface area contributed by atoms with Crippen LogP contribution in [0.5, 0.6) is 0 Å². The number of rotatable bonds is 5. The van der Waals surface area contributed by atoms with Crippen molar-refractivity contribution in [1.29, 1.82) is 0 Å². The van der Waals surface area contributed by atoms with Gasteiger partial charge in [0, 0.05) is 23.5 Å². The predicted octanol–water partition coefficient (Wildman–Crippen LogP) is 7.78. The molecule has 172 valence electrons. The lowest BCUT2D eigenvalue weighted by Crippen LogP contribution is -2.40. The molecule has 4 rings (SSSR count). The first kappa shape index (κ1) is 23.3. The maximum absolute atomic E-state index is 14.4. The summed E-state index contributed by atoms with van der Waals surface area (Å²) in [6, 6.07) is 15.9. The lowest BCUT2D eigenvalue weighted by Gasteiger charge is -2.36. The number of fused-ring (bicyclic) bond motifs is 1. The number of hydrogen-bond donors (Lipinski definition) is 0. The third-order valence-electron chi connectivity index (χ3n) is 6.71. The van der Waals surface area contributed by atoms with E-state index in [9.17, 15) is 8.78 Å². The fraction of sp³-hybridized carbons (Fsp3) is 0.296. The van der Waals surface area contributed by atoms with Crippen LogP contribution in [0.25, 0.3) is 28.0 Å². The van der Waals surface area contributed by atoms with Crippen molar-refractivity contribution in [2.45, 2.75) is 52.4 Å². The number of pyridine rings is 1. The standard InChI is InChI=1S/C27H30F2N2OSi/c1-18-26(23-12-11-22(28)15-24(23)29)30-25-13-10-21(16-31(18)25)20-9-7-8-19(14-20)17-32-33(5,6)27(2,3)4/h7-16H,17H2,1-6H3. The molecule has 0 amide bonds. The van der Waals surface area contributed by atoms with Crippen molar-refractivity contribution in [2.75, 3.05) is 0 Å². The van der Waals surface area contributed by atoms with Gasteiger partial charge in [0.1, 0.15) is 17.3 Å². The number of nitrogens with zero attached hydrogens (tertiary/aromatic N) is 2. The first-order chi connectivity index (χ1) is 15.5. The Morgan fingerprint density at radius 2 is 1.73 bits per heavy atom. The molecule has 0 bridgehead atoms. The molecule has 0 fully saturated rings. The Labute approximate surface area is 195 Å². The van der Waals surface area contributed by atoms with Crippen LogP contribution in [0.3, 0.4) is 0 Å². The van der Waals surface area contributed by atoms with Crippen molar-refractivity contribution >= 4 is 14.0 Å². The molecule has 0 atom stereocenters. The summed E-state index contributed by atoms with van der Waals surface area (Å²) in [4.78, 5) is 4.59. The van der Waals surface area contributed by atoms with E-state index >= 15 is 0 Å². The first-order valence-electron chi connectivity index (χ1n) is 11.1. The van der Waals surface area contributed by atoms with Crippen LogP contribution in [0.15, 0.2) is 60.8 Å². The number of aromatic nitrogens is 2. The van der Waals surface area contributed by atoms with Gasteiger partial charge in [0.05, 0.1) is 12.3 Å². The lowest BCUT2D eigenvalue weighted by molar-refractivity contribution is 0.276. The van der Waals surface area contributed by atoms with Crippen LogP contribution < -0.4 is 0 Å². The van der Waals surface area contributed by atoms with Gasteiger partial charge in [0.25, 0.3) is 0 Å². The molecule has 0 aliphatic carbocycles. The second-order valence-electron chi connectivity index (χ2n) is 10.1. The molecular formula is C27H30F2N2OSi. The molecule has 0 aliphatic heterocycles. The number of halogens is 2. The molecular weight excluding hydrogens is 434 g/mol. The summed E-state index contributed by atoms with van der Waals surface area (Å²) in [6.45, 7) is 13.7. The largest absolute Gasteiger partial charge is 0.413 e. The van der Waals surface area contributed by atoms with Gasteiger partial charge in [0.15, 0.2) is 8.32 Å². The van der Waals surface area contributed by atoms with Gasteiger partial charge in [-0.2, -0.15) is 0 Å². The van der Waals surface area contributed by atoms with Gasteiger partial charge < -0.3 is 8.83 Å². The summed E-state index contributed by atoms with van der Waals surface area (Å²) in [6.07, 6.45) is 2.01. The van der Waals surface area contributed by atoms with Crippen LogP contribution in [0.1, 0.15) is 32.0 Å². The van der Waals surface area contributed by atoms with Gasteiger partial charge in [-0.1, -0.05) is 39.0 Å². The minimum atomic E-state index is -1.83. The minimum Gasteiger partial charge on any atom is -0.413 e. The van der Waals surface area contributed by atoms with Crippen molar-refractivity contribution in [2.24, 2.45) is 0 Å². The Morgan fingerprint density at radius 1 is 0.970 bits per heavy atom. The number of imidazole rings is 1. The van der Waals surface area contributed by atoms with E-state index in [-0.39, 0.29) is 5.04 Å². The summed E-state index contributed by atoms with van der Waals surface area (Å²) in [5, 5.41) is 0.163. The van der Waals surface area contributed by atoms with E-state index in [2.05, 4.69) is 57.0 Å². The maximum atomic E-state index is 14.4.